The summed E-state index contributed by atoms with van der Waals surface area (Å²) < 4.78 is 35.8. The van der Waals surface area contributed by atoms with Gasteiger partial charge in [0, 0.05) is 19.8 Å². The Hall–Kier alpha value is -1.80. The van der Waals surface area contributed by atoms with Crippen molar-refractivity contribution in [1.82, 2.24) is 5.32 Å². The van der Waals surface area contributed by atoms with E-state index < -0.39 is 10.0 Å². The number of carbonyl (C=O) groups excluding carboxylic acids is 1. The maximum absolute atomic E-state index is 12.0. The number of carbonyl (C=O) groups is 1. The Kier molecular flexibility index (Phi) is 9.30. The Morgan fingerprint density at radius 1 is 1.16 bits per heavy atom. The van der Waals surface area contributed by atoms with Crippen molar-refractivity contribution in [3.8, 4) is 5.75 Å². The van der Waals surface area contributed by atoms with Crippen molar-refractivity contribution in [2.75, 3.05) is 43.5 Å². The van der Waals surface area contributed by atoms with Gasteiger partial charge in [0.25, 0.3) is 0 Å². The molecule has 1 aromatic rings. The van der Waals surface area contributed by atoms with Gasteiger partial charge in [0.1, 0.15) is 12.3 Å². The molecule has 0 aromatic heterocycles. The van der Waals surface area contributed by atoms with Gasteiger partial charge >= 0.3 is 0 Å². The lowest BCUT2D eigenvalue weighted by Crippen LogP contribution is -2.40. The Morgan fingerprint density at radius 3 is 2.40 bits per heavy atom. The molecule has 1 N–H and O–H groups in total. The van der Waals surface area contributed by atoms with Gasteiger partial charge < -0.3 is 14.8 Å². The van der Waals surface area contributed by atoms with Crippen molar-refractivity contribution in [3.63, 3.8) is 0 Å². The SMILES string of the molecule is CCCOc1ccc(N(CC(=O)NCCCOCC)S(C)(=O)=O)cc1. The molecule has 0 radical (unpaired) electrons. The van der Waals surface area contributed by atoms with Crippen LogP contribution in [0.25, 0.3) is 0 Å². The second-order valence-electron chi connectivity index (χ2n) is 5.51. The van der Waals surface area contributed by atoms with Crippen LogP contribution in [0.4, 0.5) is 5.69 Å². The topological polar surface area (TPSA) is 84.9 Å². The Bertz CT molecular complexity index is 616. The molecular weight excluding hydrogens is 344 g/mol. The fourth-order valence-electron chi connectivity index (χ4n) is 2.06. The number of amides is 1. The number of nitrogens with zero attached hydrogens (tertiary/aromatic N) is 1. The normalized spacial score (nSPS) is 11.2. The first-order valence-electron chi connectivity index (χ1n) is 8.43. The van der Waals surface area contributed by atoms with Gasteiger partial charge in [0.15, 0.2) is 0 Å². The van der Waals surface area contributed by atoms with E-state index in [4.69, 9.17) is 9.47 Å². The fraction of sp³-hybridized carbons (Fsp3) is 0.588. The van der Waals surface area contributed by atoms with Crippen molar-refractivity contribution in [2.24, 2.45) is 0 Å². The molecule has 7 nitrogen and oxygen atoms in total. The molecule has 0 bridgehead atoms. The highest BCUT2D eigenvalue weighted by atomic mass is 32.2. The highest BCUT2D eigenvalue weighted by Crippen LogP contribution is 2.21. The zero-order valence-electron chi connectivity index (χ0n) is 15.2. The van der Waals surface area contributed by atoms with Crippen LogP contribution in [0.15, 0.2) is 24.3 Å². The molecule has 1 amide bonds. The molecule has 0 fully saturated rings. The molecule has 8 heteroatoms. The fourth-order valence-corrected chi connectivity index (χ4v) is 2.92. The van der Waals surface area contributed by atoms with Crippen LogP contribution in [0.3, 0.4) is 0 Å². The highest BCUT2D eigenvalue weighted by molar-refractivity contribution is 7.92. The largest absolute Gasteiger partial charge is 0.494 e. The molecule has 0 saturated heterocycles. The molecule has 1 rings (SSSR count). The number of ether oxygens (including phenoxy) is 2. The van der Waals surface area contributed by atoms with Gasteiger partial charge in [0.2, 0.25) is 15.9 Å². The van der Waals surface area contributed by atoms with Gasteiger partial charge in [-0.15, -0.1) is 0 Å². The molecule has 1 aromatic carbocycles. The van der Waals surface area contributed by atoms with E-state index in [0.29, 0.717) is 44.2 Å². The number of rotatable bonds is 12. The maximum Gasteiger partial charge on any atom is 0.240 e. The van der Waals surface area contributed by atoms with Crippen LogP contribution in [0, 0.1) is 0 Å². The minimum absolute atomic E-state index is 0.261. The van der Waals surface area contributed by atoms with Crippen molar-refractivity contribution in [3.05, 3.63) is 24.3 Å². The second-order valence-corrected chi connectivity index (χ2v) is 7.42. The number of benzene rings is 1. The quantitative estimate of drug-likeness (QED) is 0.566. The summed E-state index contributed by atoms with van der Waals surface area (Å²) in [4.78, 5) is 12.0. The van der Waals surface area contributed by atoms with Crippen LogP contribution in [0.1, 0.15) is 26.7 Å². The average Bonchev–Trinajstić information content (AvgIpc) is 2.57. The van der Waals surface area contributed by atoms with Crippen LogP contribution in [0.5, 0.6) is 5.75 Å². The molecule has 0 spiro atoms. The molecule has 25 heavy (non-hydrogen) atoms. The smallest absolute Gasteiger partial charge is 0.240 e. The molecule has 0 aliphatic heterocycles. The van der Waals surface area contributed by atoms with E-state index in [0.717, 1.165) is 17.0 Å². The lowest BCUT2D eigenvalue weighted by molar-refractivity contribution is -0.119. The third-order valence-corrected chi connectivity index (χ3v) is 4.42. The van der Waals surface area contributed by atoms with Crippen LogP contribution >= 0.6 is 0 Å². The summed E-state index contributed by atoms with van der Waals surface area (Å²) in [7, 11) is -3.58. The maximum atomic E-state index is 12.0. The summed E-state index contributed by atoms with van der Waals surface area (Å²) in [6.07, 6.45) is 2.65. The third-order valence-electron chi connectivity index (χ3n) is 3.28. The van der Waals surface area contributed by atoms with Crippen molar-refractivity contribution < 1.29 is 22.7 Å². The van der Waals surface area contributed by atoms with Gasteiger partial charge in [-0.2, -0.15) is 0 Å². The van der Waals surface area contributed by atoms with E-state index >= 15 is 0 Å². The predicted octanol–water partition coefficient (Wildman–Crippen LogP) is 1.78. The van der Waals surface area contributed by atoms with Gasteiger partial charge in [-0.3, -0.25) is 9.10 Å². The first-order chi connectivity index (χ1) is 11.9. The van der Waals surface area contributed by atoms with E-state index in [-0.39, 0.29) is 12.5 Å². The molecule has 0 aliphatic rings. The highest BCUT2D eigenvalue weighted by Gasteiger charge is 2.20. The van der Waals surface area contributed by atoms with Crippen molar-refractivity contribution in [1.29, 1.82) is 0 Å². The number of nitrogens with one attached hydrogen (secondary N) is 1. The van der Waals surface area contributed by atoms with Crippen LogP contribution in [-0.4, -0.2) is 53.5 Å². The molecule has 142 valence electrons. The van der Waals surface area contributed by atoms with E-state index in [2.05, 4.69) is 5.32 Å². The van der Waals surface area contributed by atoms with E-state index in [1.807, 2.05) is 13.8 Å². The van der Waals surface area contributed by atoms with Gasteiger partial charge in [-0.1, -0.05) is 6.92 Å². The monoisotopic (exact) mass is 372 g/mol. The van der Waals surface area contributed by atoms with Gasteiger partial charge in [-0.25, -0.2) is 8.42 Å². The van der Waals surface area contributed by atoms with Crippen molar-refractivity contribution >= 4 is 21.6 Å². The summed E-state index contributed by atoms with van der Waals surface area (Å²) >= 11 is 0. The van der Waals surface area contributed by atoms with Crippen molar-refractivity contribution in [2.45, 2.75) is 26.7 Å². The first kappa shape index (κ1) is 21.2. The Morgan fingerprint density at radius 2 is 1.84 bits per heavy atom. The van der Waals surface area contributed by atoms with Gasteiger partial charge in [0.05, 0.1) is 18.6 Å². The summed E-state index contributed by atoms with van der Waals surface area (Å²) in [5, 5.41) is 2.70. The molecule has 0 unspecified atom stereocenters. The average molecular weight is 372 g/mol. The molecule has 0 saturated carbocycles. The summed E-state index contributed by atoms with van der Waals surface area (Å²) in [6, 6.07) is 6.66. The summed E-state index contributed by atoms with van der Waals surface area (Å²) in [5.74, 6) is 0.313. The number of anilines is 1. The van der Waals surface area contributed by atoms with E-state index in [1.54, 1.807) is 24.3 Å². The molecule has 0 atom stereocenters. The zero-order chi connectivity index (χ0) is 18.7. The second kappa shape index (κ2) is 10.9. The summed E-state index contributed by atoms with van der Waals surface area (Å²) in [6.45, 7) is 5.88. The molecular formula is C17H28N2O5S. The minimum Gasteiger partial charge on any atom is -0.494 e. The minimum atomic E-state index is -3.58. The number of hydrogen-bond donors (Lipinski definition) is 1. The lowest BCUT2D eigenvalue weighted by Gasteiger charge is -2.22. The number of hydrogen-bond acceptors (Lipinski definition) is 5. The number of sulfonamides is 1. The first-order valence-corrected chi connectivity index (χ1v) is 10.3. The Balaban J connectivity index is 2.67. The third kappa shape index (κ3) is 8.22. The van der Waals surface area contributed by atoms with E-state index in [9.17, 15) is 13.2 Å². The van der Waals surface area contributed by atoms with Crippen LogP contribution < -0.4 is 14.4 Å². The van der Waals surface area contributed by atoms with Crippen LogP contribution in [-0.2, 0) is 19.6 Å². The predicted molar refractivity (Wildman–Crippen MR) is 98.5 cm³/mol. The zero-order valence-corrected chi connectivity index (χ0v) is 16.0. The Labute approximate surface area is 150 Å². The standard InChI is InChI=1S/C17H28N2O5S/c1-4-12-24-16-9-7-15(8-10-16)19(25(3,21)22)14-17(20)18-11-6-13-23-5-2/h7-10H,4-6,11-14H2,1-3H3,(H,18,20). The van der Waals surface area contributed by atoms with Crippen LogP contribution in [0.2, 0.25) is 0 Å². The lowest BCUT2D eigenvalue weighted by atomic mass is 10.3. The van der Waals surface area contributed by atoms with Gasteiger partial charge in [-0.05, 0) is 44.0 Å². The van der Waals surface area contributed by atoms with E-state index in [1.165, 1.54) is 0 Å². The molecule has 0 heterocycles. The molecule has 0 aliphatic carbocycles. The summed E-state index contributed by atoms with van der Waals surface area (Å²) in [5.41, 5.74) is 0.427.